The van der Waals surface area contributed by atoms with Crippen LogP contribution in [0.15, 0.2) is 42.5 Å². The lowest BCUT2D eigenvalue weighted by Gasteiger charge is -2.10. The fourth-order valence-electron chi connectivity index (χ4n) is 1.61. The highest BCUT2D eigenvalue weighted by Gasteiger charge is 2.34. The Morgan fingerprint density at radius 2 is 1.44 bits per heavy atom. The first-order valence-corrected chi connectivity index (χ1v) is 5.01. The molecule has 0 heterocycles. The molecule has 0 aromatic heterocycles. The van der Waals surface area contributed by atoms with Crippen molar-refractivity contribution in [3.63, 3.8) is 0 Å². The zero-order chi connectivity index (χ0) is 13.3. The number of hydrogen-bond acceptors (Lipinski definition) is 0. The van der Waals surface area contributed by atoms with Crippen LogP contribution in [0.2, 0.25) is 0 Å². The van der Waals surface area contributed by atoms with Crippen LogP contribution < -0.4 is 0 Å². The first kappa shape index (κ1) is 12.5. The summed E-state index contributed by atoms with van der Waals surface area (Å²) in [6, 6.07) is 7.79. The molecule has 0 bridgehead atoms. The molecule has 0 radical (unpaired) electrons. The van der Waals surface area contributed by atoms with E-state index in [9.17, 15) is 22.0 Å². The van der Waals surface area contributed by atoms with Crippen molar-refractivity contribution in [2.45, 2.75) is 6.18 Å². The average Bonchev–Trinajstić information content (AvgIpc) is 2.29. The van der Waals surface area contributed by atoms with Crippen molar-refractivity contribution >= 4 is 0 Å². The van der Waals surface area contributed by atoms with Crippen LogP contribution in [0.1, 0.15) is 5.56 Å². The zero-order valence-corrected chi connectivity index (χ0v) is 8.93. The predicted molar refractivity (Wildman–Crippen MR) is 56.8 cm³/mol. The molecule has 0 fully saturated rings. The number of hydrogen-bond donors (Lipinski definition) is 0. The normalized spacial score (nSPS) is 11.6. The monoisotopic (exact) mass is 258 g/mol. The van der Waals surface area contributed by atoms with Crippen molar-refractivity contribution in [1.82, 2.24) is 0 Å². The number of alkyl halides is 3. The van der Waals surface area contributed by atoms with Crippen LogP contribution >= 0.6 is 0 Å². The molecular formula is C13H7F5. The molecule has 0 aliphatic heterocycles. The van der Waals surface area contributed by atoms with Crippen molar-refractivity contribution in [1.29, 1.82) is 0 Å². The first-order valence-electron chi connectivity index (χ1n) is 5.01. The Hall–Kier alpha value is -1.91. The lowest BCUT2D eigenvalue weighted by Crippen LogP contribution is -2.08. The molecule has 2 aromatic carbocycles. The second-order valence-electron chi connectivity index (χ2n) is 3.67. The van der Waals surface area contributed by atoms with Crippen molar-refractivity contribution < 1.29 is 22.0 Å². The second kappa shape index (κ2) is 4.40. The minimum atomic E-state index is -4.80. The summed E-state index contributed by atoms with van der Waals surface area (Å²) < 4.78 is 64.0. The van der Waals surface area contributed by atoms with E-state index in [2.05, 4.69) is 0 Å². The summed E-state index contributed by atoms with van der Waals surface area (Å²) in [5, 5.41) is 0. The minimum absolute atomic E-state index is 0.00278. The van der Waals surface area contributed by atoms with Crippen molar-refractivity contribution in [2.24, 2.45) is 0 Å². The summed E-state index contributed by atoms with van der Waals surface area (Å²) in [5.74, 6) is -2.03. The van der Waals surface area contributed by atoms with Gasteiger partial charge in [0.05, 0.1) is 5.56 Å². The molecular weight excluding hydrogens is 251 g/mol. The largest absolute Gasteiger partial charge is 0.419 e. The highest BCUT2D eigenvalue weighted by atomic mass is 19.4. The Morgan fingerprint density at radius 3 is 2.06 bits per heavy atom. The Morgan fingerprint density at radius 1 is 0.778 bits per heavy atom. The van der Waals surface area contributed by atoms with E-state index in [1.165, 1.54) is 18.2 Å². The number of rotatable bonds is 1. The van der Waals surface area contributed by atoms with E-state index in [4.69, 9.17) is 0 Å². The van der Waals surface area contributed by atoms with Gasteiger partial charge in [0.1, 0.15) is 11.6 Å². The van der Waals surface area contributed by atoms with Gasteiger partial charge in [0.15, 0.2) is 0 Å². The molecule has 0 aliphatic carbocycles. The van der Waals surface area contributed by atoms with Crippen LogP contribution in [0.25, 0.3) is 11.1 Å². The van der Waals surface area contributed by atoms with Crippen LogP contribution in [0.3, 0.4) is 0 Å². The quantitative estimate of drug-likeness (QED) is 0.653. The summed E-state index contributed by atoms with van der Waals surface area (Å²) in [5.41, 5.74) is -1.41. The van der Waals surface area contributed by atoms with Crippen LogP contribution in [0, 0.1) is 11.6 Å². The van der Waals surface area contributed by atoms with E-state index in [1.807, 2.05) is 0 Å². The second-order valence-corrected chi connectivity index (χ2v) is 3.67. The van der Waals surface area contributed by atoms with Crippen LogP contribution in [-0.2, 0) is 6.18 Å². The fourth-order valence-corrected chi connectivity index (χ4v) is 1.61. The summed E-state index contributed by atoms with van der Waals surface area (Å²) in [6.45, 7) is 0. The van der Waals surface area contributed by atoms with E-state index in [0.29, 0.717) is 12.1 Å². The molecule has 2 rings (SSSR count). The summed E-state index contributed by atoms with van der Waals surface area (Å²) in [6.07, 6.45) is -4.80. The third kappa shape index (κ3) is 2.34. The van der Waals surface area contributed by atoms with Gasteiger partial charge in [0.25, 0.3) is 0 Å². The van der Waals surface area contributed by atoms with Crippen LogP contribution in [-0.4, -0.2) is 0 Å². The predicted octanol–water partition coefficient (Wildman–Crippen LogP) is 4.65. The fraction of sp³-hybridized carbons (Fsp3) is 0.0769. The van der Waals surface area contributed by atoms with Gasteiger partial charge >= 0.3 is 6.18 Å². The summed E-state index contributed by atoms with van der Waals surface area (Å²) in [7, 11) is 0. The van der Waals surface area contributed by atoms with E-state index in [-0.39, 0.29) is 11.1 Å². The molecule has 94 valence electrons. The molecule has 0 unspecified atom stereocenters. The van der Waals surface area contributed by atoms with E-state index >= 15 is 0 Å². The maximum atomic E-state index is 13.4. The molecule has 5 heteroatoms. The number of benzene rings is 2. The molecule has 0 spiro atoms. The van der Waals surface area contributed by atoms with Crippen molar-refractivity contribution in [2.75, 3.05) is 0 Å². The molecule has 0 nitrogen and oxygen atoms in total. The van der Waals surface area contributed by atoms with Gasteiger partial charge in [0.2, 0.25) is 0 Å². The maximum Gasteiger partial charge on any atom is 0.419 e. The minimum Gasteiger partial charge on any atom is -0.206 e. The van der Waals surface area contributed by atoms with Crippen molar-refractivity contribution in [3.8, 4) is 11.1 Å². The lowest BCUT2D eigenvalue weighted by molar-refractivity contribution is -0.139. The Balaban J connectivity index is 2.58. The topological polar surface area (TPSA) is 0 Å². The van der Waals surface area contributed by atoms with Crippen molar-refractivity contribution in [3.05, 3.63) is 59.7 Å². The van der Waals surface area contributed by atoms with Crippen LogP contribution in [0.5, 0.6) is 0 Å². The summed E-state index contributed by atoms with van der Waals surface area (Å²) >= 11 is 0. The van der Waals surface area contributed by atoms with E-state index < -0.39 is 23.4 Å². The molecule has 0 atom stereocenters. The van der Waals surface area contributed by atoms with Crippen LogP contribution in [0.4, 0.5) is 22.0 Å². The highest BCUT2D eigenvalue weighted by molar-refractivity contribution is 5.65. The van der Waals surface area contributed by atoms with Gasteiger partial charge < -0.3 is 0 Å². The summed E-state index contributed by atoms with van der Waals surface area (Å²) in [4.78, 5) is 0. The third-order valence-corrected chi connectivity index (χ3v) is 2.46. The van der Waals surface area contributed by atoms with Gasteiger partial charge in [-0.3, -0.25) is 0 Å². The smallest absolute Gasteiger partial charge is 0.206 e. The molecule has 0 saturated heterocycles. The SMILES string of the molecule is Fc1ccccc1-c1ccc(F)c(C(F)(F)F)c1. The molecule has 2 aromatic rings. The van der Waals surface area contributed by atoms with Gasteiger partial charge in [-0.1, -0.05) is 24.3 Å². The van der Waals surface area contributed by atoms with Gasteiger partial charge in [0, 0.05) is 5.56 Å². The van der Waals surface area contributed by atoms with Gasteiger partial charge in [-0.2, -0.15) is 13.2 Å². The third-order valence-electron chi connectivity index (χ3n) is 2.46. The molecule has 0 amide bonds. The van der Waals surface area contributed by atoms with E-state index in [1.54, 1.807) is 0 Å². The molecule has 0 aliphatic rings. The highest BCUT2D eigenvalue weighted by Crippen LogP contribution is 2.34. The lowest BCUT2D eigenvalue weighted by atomic mass is 10.0. The maximum absolute atomic E-state index is 13.4. The van der Waals surface area contributed by atoms with E-state index in [0.717, 1.165) is 12.1 Å². The van der Waals surface area contributed by atoms with Gasteiger partial charge in [-0.05, 0) is 23.8 Å². The van der Waals surface area contributed by atoms with Gasteiger partial charge in [-0.25, -0.2) is 8.78 Å². The number of halogens is 5. The molecule has 0 saturated carbocycles. The Bertz CT molecular complexity index is 572. The standard InChI is InChI=1S/C13H7F5/c14-11-4-2-1-3-9(11)8-5-6-12(15)10(7-8)13(16,17)18/h1-7H. The Labute approximate surface area is 99.7 Å². The Kier molecular flexibility index (Phi) is 3.07. The first-order chi connectivity index (χ1) is 8.39. The molecule has 18 heavy (non-hydrogen) atoms. The molecule has 0 N–H and O–H groups in total. The average molecular weight is 258 g/mol. The zero-order valence-electron chi connectivity index (χ0n) is 8.93. The van der Waals surface area contributed by atoms with Gasteiger partial charge in [-0.15, -0.1) is 0 Å².